The van der Waals surface area contributed by atoms with Gasteiger partial charge in [0.25, 0.3) is 5.91 Å². The normalized spacial score (nSPS) is 12.2. The van der Waals surface area contributed by atoms with Crippen LogP contribution >= 0.6 is 0 Å². The fourth-order valence-electron chi connectivity index (χ4n) is 1.35. The molecule has 1 unspecified atom stereocenters. The summed E-state index contributed by atoms with van der Waals surface area (Å²) in [7, 11) is 0. The molecule has 0 radical (unpaired) electrons. The fourth-order valence-corrected chi connectivity index (χ4v) is 1.35. The van der Waals surface area contributed by atoms with Gasteiger partial charge in [0.1, 0.15) is 0 Å². The van der Waals surface area contributed by atoms with E-state index in [1.165, 1.54) is 12.3 Å². The summed E-state index contributed by atoms with van der Waals surface area (Å²) >= 11 is 0. The second-order valence-corrected chi connectivity index (χ2v) is 3.46. The number of aliphatic hydroxyl groups is 1. The molecule has 2 N–H and O–H groups in total. The maximum atomic E-state index is 12.8. The van der Waals surface area contributed by atoms with Crippen molar-refractivity contribution < 1.29 is 14.3 Å². The highest BCUT2D eigenvalue weighted by Gasteiger charge is 2.12. The lowest BCUT2D eigenvalue weighted by Crippen LogP contribution is -2.35. The number of amides is 1. The predicted molar refractivity (Wildman–Crippen MR) is 57.4 cm³/mol. The van der Waals surface area contributed by atoms with E-state index in [-0.39, 0.29) is 24.1 Å². The quantitative estimate of drug-likeness (QED) is 0.739. The molecule has 0 fully saturated rings. The van der Waals surface area contributed by atoms with Crippen LogP contribution in [0.25, 0.3) is 0 Å². The predicted octanol–water partition coefficient (Wildman–Crippen LogP) is 1.11. The average molecular weight is 226 g/mol. The molecule has 88 valence electrons. The summed E-state index contributed by atoms with van der Waals surface area (Å²) in [6.45, 7) is 1.93. The lowest BCUT2D eigenvalue weighted by atomic mass is 10.1. The molecule has 0 aromatic carbocycles. The number of rotatable bonds is 5. The molecular weight excluding hydrogens is 211 g/mol. The van der Waals surface area contributed by atoms with Crippen LogP contribution in [0, 0.1) is 5.95 Å². The maximum Gasteiger partial charge on any atom is 0.251 e. The SMILES string of the molecule is CCC(CCO)NC(=O)c1ccnc(F)c1. The standard InChI is InChI=1S/C11H15FN2O2/c1-2-9(4-6-15)14-11(16)8-3-5-13-10(12)7-8/h3,5,7,9,15H,2,4,6H2,1H3,(H,14,16). The summed E-state index contributed by atoms with van der Waals surface area (Å²) < 4.78 is 12.8. The average Bonchev–Trinajstić information content (AvgIpc) is 2.28. The van der Waals surface area contributed by atoms with E-state index in [0.29, 0.717) is 6.42 Å². The molecule has 1 atom stereocenters. The highest BCUT2D eigenvalue weighted by molar-refractivity contribution is 5.94. The van der Waals surface area contributed by atoms with Crippen molar-refractivity contribution in [1.82, 2.24) is 10.3 Å². The number of aliphatic hydroxyl groups excluding tert-OH is 1. The Morgan fingerprint density at radius 2 is 2.44 bits per heavy atom. The van der Waals surface area contributed by atoms with Crippen LogP contribution in [0.3, 0.4) is 0 Å². The molecule has 16 heavy (non-hydrogen) atoms. The van der Waals surface area contributed by atoms with Crippen molar-refractivity contribution in [3.8, 4) is 0 Å². The van der Waals surface area contributed by atoms with E-state index in [0.717, 1.165) is 12.5 Å². The van der Waals surface area contributed by atoms with Gasteiger partial charge in [0, 0.05) is 30.5 Å². The topological polar surface area (TPSA) is 62.2 Å². The van der Waals surface area contributed by atoms with Gasteiger partial charge in [-0.25, -0.2) is 4.98 Å². The van der Waals surface area contributed by atoms with Crippen LogP contribution in [0.2, 0.25) is 0 Å². The Kier molecular flexibility index (Phi) is 4.85. The molecule has 4 nitrogen and oxygen atoms in total. The first kappa shape index (κ1) is 12.6. The fraction of sp³-hybridized carbons (Fsp3) is 0.455. The van der Waals surface area contributed by atoms with Crippen molar-refractivity contribution in [2.45, 2.75) is 25.8 Å². The number of hydrogen-bond acceptors (Lipinski definition) is 3. The van der Waals surface area contributed by atoms with Crippen LogP contribution in [0.4, 0.5) is 4.39 Å². The number of hydrogen-bond donors (Lipinski definition) is 2. The van der Waals surface area contributed by atoms with Gasteiger partial charge in [0.15, 0.2) is 0 Å². The van der Waals surface area contributed by atoms with Gasteiger partial charge in [-0.05, 0) is 18.9 Å². The van der Waals surface area contributed by atoms with Gasteiger partial charge in [-0.1, -0.05) is 6.92 Å². The smallest absolute Gasteiger partial charge is 0.251 e. The van der Waals surface area contributed by atoms with Gasteiger partial charge < -0.3 is 10.4 Å². The zero-order chi connectivity index (χ0) is 12.0. The van der Waals surface area contributed by atoms with Crippen LogP contribution in [-0.4, -0.2) is 28.6 Å². The Bertz CT molecular complexity index is 358. The van der Waals surface area contributed by atoms with E-state index in [9.17, 15) is 9.18 Å². The molecule has 0 saturated heterocycles. The number of carbonyl (C=O) groups excluding carboxylic acids is 1. The Morgan fingerprint density at radius 3 is 3.00 bits per heavy atom. The van der Waals surface area contributed by atoms with E-state index in [2.05, 4.69) is 10.3 Å². The zero-order valence-electron chi connectivity index (χ0n) is 9.11. The molecule has 0 saturated carbocycles. The van der Waals surface area contributed by atoms with Crippen LogP contribution in [0.15, 0.2) is 18.3 Å². The highest BCUT2D eigenvalue weighted by Crippen LogP contribution is 2.03. The lowest BCUT2D eigenvalue weighted by Gasteiger charge is -2.15. The molecule has 0 bridgehead atoms. The third kappa shape index (κ3) is 3.58. The molecule has 0 spiro atoms. The monoisotopic (exact) mass is 226 g/mol. The number of pyridine rings is 1. The van der Waals surface area contributed by atoms with Crippen LogP contribution in [0.5, 0.6) is 0 Å². The molecule has 1 heterocycles. The van der Waals surface area contributed by atoms with E-state index in [1.54, 1.807) is 0 Å². The minimum atomic E-state index is -0.678. The molecule has 1 rings (SSSR count). The first-order valence-corrected chi connectivity index (χ1v) is 5.20. The molecule has 0 aliphatic rings. The first-order chi connectivity index (χ1) is 7.67. The van der Waals surface area contributed by atoms with E-state index in [1.807, 2.05) is 6.92 Å². The van der Waals surface area contributed by atoms with Crippen molar-refractivity contribution in [3.63, 3.8) is 0 Å². The second kappa shape index (κ2) is 6.17. The maximum absolute atomic E-state index is 12.8. The molecular formula is C11H15FN2O2. The minimum Gasteiger partial charge on any atom is -0.396 e. The van der Waals surface area contributed by atoms with Gasteiger partial charge in [0.05, 0.1) is 0 Å². The Balaban J connectivity index is 2.64. The van der Waals surface area contributed by atoms with Crippen molar-refractivity contribution >= 4 is 5.91 Å². The Labute approximate surface area is 93.5 Å². The van der Waals surface area contributed by atoms with Crippen molar-refractivity contribution in [3.05, 3.63) is 29.8 Å². The number of halogens is 1. The molecule has 0 aliphatic carbocycles. The zero-order valence-corrected chi connectivity index (χ0v) is 9.11. The summed E-state index contributed by atoms with van der Waals surface area (Å²) in [6, 6.07) is 2.44. The summed E-state index contributed by atoms with van der Waals surface area (Å²) in [5, 5.41) is 11.5. The number of carbonyl (C=O) groups is 1. The van der Waals surface area contributed by atoms with Gasteiger partial charge in [-0.2, -0.15) is 4.39 Å². The summed E-state index contributed by atoms with van der Waals surface area (Å²) in [5.74, 6) is -1.02. The van der Waals surface area contributed by atoms with E-state index in [4.69, 9.17) is 5.11 Å². The molecule has 1 amide bonds. The van der Waals surface area contributed by atoms with E-state index < -0.39 is 5.95 Å². The number of nitrogens with one attached hydrogen (secondary N) is 1. The first-order valence-electron chi connectivity index (χ1n) is 5.20. The van der Waals surface area contributed by atoms with Crippen LogP contribution < -0.4 is 5.32 Å². The molecule has 1 aromatic heterocycles. The summed E-state index contributed by atoms with van der Waals surface area (Å²) in [5.41, 5.74) is 0.240. The third-order valence-corrected chi connectivity index (χ3v) is 2.29. The minimum absolute atomic E-state index is 0.0174. The van der Waals surface area contributed by atoms with Crippen LogP contribution in [0.1, 0.15) is 30.1 Å². The Morgan fingerprint density at radius 1 is 1.69 bits per heavy atom. The molecule has 0 aliphatic heterocycles. The van der Waals surface area contributed by atoms with Gasteiger partial charge >= 0.3 is 0 Å². The molecule has 1 aromatic rings. The largest absolute Gasteiger partial charge is 0.396 e. The second-order valence-electron chi connectivity index (χ2n) is 3.46. The van der Waals surface area contributed by atoms with Crippen molar-refractivity contribution in [1.29, 1.82) is 0 Å². The lowest BCUT2D eigenvalue weighted by molar-refractivity contribution is 0.0928. The Hall–Kier alpha value is -1.49. The molecule has 5 heteroatoms. The van der Waals surface area contributed by atoms with E-state index >= 15 is 0 Å². The highest BCUT2D eigenvalue weighted by atomic mass is 19.1. The summed E-state index contributed by atoms with van der Waals surface area (Å²) in [6.07, 6.45) is 2.47. The number of nitrogens with zero attached hydrogens (tertiary/aromatic N) is 1. The van der Waals surface area contributed by atoms with Crippen LogP contribution in [-0.2, 0) is 0 Å². The van der Waals surface area contributed by atoms with Crippen molar-refractivity contribution in [2.24, 2.45) is 0 Å². The van der Waals surface area contributed by atoms with Gasteiger partial charge in [-0.15, -0.1) is 0 Å². The van der Waals surface area contributed by atoms with Gasteiger partial charge in [0.2, 0.25) is 5.95 Å². The van der Waals surface area contributed by atoms with Crippen molar-refractivity contribution in [2.75, 3.05) is 6.61 Å². The summed E-state index contributed by atoms with van der Waals surface area (Å²) in [4.78, 5) is 15.0. The number of aromatic nitrogens is 1. The van der Waals surface area contributed by atoms with Gasteiger partial charge in [-0.3, -0.25) is 4.79 Å². The third-order valence-electron chi connectivity index (χ3n) is 2.29.